The number of carbonyl (C=O) groups is 2. The van der Waals surface area contributed by atoms with Crippen molar-refractivity contribution in [2.24, 2.45) is 0 Å². The van der Waals surface area contributed by atoms with Crippen molar-refractivity contribution >= 4 is 11.6 Å². The third-order valence-electron chi connectivity index (χ3n) is 4.08. The van der Waals surface area contributed by atoms with Gasteiger partial charge in [-0.05, 0) is 27.7 Å². The fraction of sp³-hybridized carbons (Fsp3) is 0.400. The standard InChI is InChI=1S/C20H24N2O4/c1-19(2)11-25-17(21-19)9-15(23)13-5-7-14(8-6-13)16(24)10-18-22-20(3,4)12-26-18/h5-10,21-22H,11-12H2,1-4H3. The van der Waals surface area contributed by atoms with Crippen LogP contribution in [0.5, 0.6) is 0 Å². The molecule has 2 aliphatic rings. The first kappa shape index (κ1) is 18.0. The van der Waals surface area contributed by atoms with Crippen LogP contribution in [0.3, 0.4) is 0 Å². The van der Waals surface area contributed by atoms with Gasteiger partial charge in [-0.25, -0.2) is 0 Å². The lowest BCUT2D eigenvalue weighted by Crippen LogP contribution is -2.34. The molecule has 26 heavy (non-hydrogen) atoms. The van der Waals surface area contributed by atoms with Crippen LogP contribution in [0.2, 0.25) is 0 Å². The first-order valence-electron chi connectivity index (χ1n) is 8.58. The van der Waals surface area contributed by atoms with Crippen LogP contribution in [-0.4, -0.2) is 35.9 Å². The summed E-state index contributed by atoms with van der Waals surface area (Å²) in [5.41, 5.74) is 0.628. The number of rotatable bonds is 4. The van der Waals surface area contributed by atoms with E-state index in [0.29, 0.717) is 36.1 Å². The minimum Gasteiger partial charge on any atom is -0.477 e. The molecule has 0 spiro atoms. The molecule has 2 saturated heterocycles. The van der Waals surface area contributed by atoms with Gasteiger partial charge in [0.1, 0.15) is 13.2 Å². The Morgan fingerprint density at radius 3 is 1.42 bits per heavy atom. The summed E-state index contributed by atoms with van der Waals surface area (Å²) < 4.78 is 10.9. The highest BCUT2D eigenvalue weighted by Crippen LogP contribution is 2.19. The molecular formula is C20H24N2O4. The van der Waals surface area contributed by atoms with E-state index in [4.69, 9.17) is 9.47 Å². The van der Waals surface area contributed by atoms with Gasteiger partial charge in [0.15, 0.2) is 23.3 Å². The number of hydrogen-bond donors (Lipinski definition) is 2. The maximum absolute atomic E-state index is 12.3. The van der Waals surface area contributed by atoms with E-state index in [9.17, 15) is 9.59 Å². The summed E-state index contributed by atoms with van der Waals surface area (Å²) in [6.07, 6.45) is 2.87. The Hall–Kier alpha value is -2.76. The van der Waals surface area contributed by atoms with Gasteiger partial charge in [0.05, 0.1) is 11.1 Å². The molecule has 0 aliphatic carbocycles. The van der Waals surface area contributed by atoms with Crippen molar-refractivity contribution in [1.82, 2.24) is 10.6 Å². The lowest BCUT2D eigenvalue weighted by Gasteiger charge is -2.13. The average Bonchev–Trinajstić information content (AvgIpc) is 3.08. The van der Waals surface area contributed by atoms with Gasteiger partial charge < -0.3 is 20.1 Å². The Morgan fingerprint density at radius 2 is 1.15 bits per heavy atom. The minimum absolute atomic E-state index is 0.176. The zero-order valence-electron chi connectivity index (χ0n) is 15.5. The summed E-state index contributed by atoms with van der Waals surface area (Å²) >= 11 is 0. The summed E-state index contributed by atoms with van der Waals surface area (Å²) in [5, 5.41) is 6.29. The lowest BCUT2D eigenvalue weighted by atomic mass is 10.0. The van der Waals surface area contributed by atoms with Gasteiger partial charge in [0.2, 0.25) is 0 Å². The van der Waals surface area contributed by atoms with Crippen LogP contribution in [0.25, 0.3) is 0 Å². The van der Waals surface area contributed by atoms with Gasteiger partial charge >= 0.3 is 0 Å². The van der Waals surface area contributed by atoms with Gasteiger partial charge in [-0.15, -0.1) is 0 Å². The van der Waals surface area contributed by atoms with Crippen molar-refractivity contribution in [2.45, 2.75) is 38.8 Å². The normalized spacial score (nSPS) is 23.1. The van der Waals surface area contributed by atoms with Crippen molar-refractivity contribution in [2.75, 3.05) is 13.2 Å². The molecule has 2 fully saturated rings. The Labute approximate surface area is 153 Å². The highest BCUT2D eigenvalue weighted by molar-refractivity contribution is 6.07. The smallest absolute Gasteiger partial charge is 0.191 e. The number of hydrogen-bond acceptors (Lipinski definition) is 6. The lowest BCUT2D eigenvalue weighted by molar-refractivity contribution is 0.102. The maximum atomic E-state index is 12.3. The topological polar surface area (TPSA) is 76.7 Å². The van der Waals surface area contributed by atoms with E-state index in [1.807, 2.05) is 27.7 Å². The fourth-order valence-corrected chi connectivity index (χ4v) is 2.69. The molecule has 6 nitrogen and oxygen atoms in total. The molecule has 1 aromatic rings. The summed E-state index contributed by atoms with van der Waals surface area (Å²) in [7, 11) is 0. The molecule has 1 aromatic carbocycles. The first-order chi connectivity index (χ1) is 12.1. The molecular weight excluding hydrogens is 332 g/mol. The number of allylic oxidation sites excluding steroid dienone is 2. The molecule has 0 bridgehead atoms. The van der Waals surface area contributed by atoms with Crippen LogP contribution in [-0.2, 0) is 9.47 Å². The monoisotopic (exact) mass is 356 g/mol. The average molecular weight is 356 g/mol. The molecule has 138 valence electrons. The van der Waals surface area contributed by atoms with Gasteiger partial charge in [0, 0.05) is 23.3 Å². The molecule has 2 heterocycles. The molecule has 0 atom stereocenters. The van der Waals surface area contributed by atoms with E-state index < -0.39 is 0 Å². The second-order valence-electron chi connectivity index (χ2n) is 7.92. The van der Waals surface area contributed by atoms with Crippen LogP contribution in [0, 0.1) is 0 Å². The second-order valence-corrected chi connectivity index (χ2v) is 7.92. The largest absolute Gasteiger partial charge is 0.477 e. The zero-order chi connectivity index (χ0) is 18.9. The Bertz CT molecular complexity index is 722. The van der Waals surface area contributed by atoms with Gasteiger partial charge in [-0.1, -0.05) is 24.3 Å². The molecule has 0 unspecified atom stereocenters. The Balaban J connectivity index is 1.67. The van der Waals surface area contributed by atoms with Crippen molar-refractivity contribution in [1.29, 1.82) is 0 Å². The van der Waals surface area contributed by atoms with Crippen LogP contribution in [0.1, 0.15) is 48.4 Å². The predicted molar refractivity (Wildman–Crippen MR) is 97.6 cm³/mol. The zero-order valence-corrected chi connectivity index (χ0v) is 15.5. The second kappa shape index (κ2) is 6.52. The number of ketones is 2. The third kappa shape index (κ3) is 4.25. The molecule has 3 rings (SSSR count). The Kier molecular flexibility index (Phi) is 4.52. The number of benzene rings is 1. The highest BCUT2D eigenvalue weighted by atomic mass is 16.5. The SMILES string of the molecule is CC1(C)COC(=CC(=O)c2ccc(C(=O)C=C3NC(C)(C)CO3)cc2)N1. The van der Waals surface area contributed by atoms with E-state index in [1.165, 1.54) is 12.2 Å². The van der Waals surface area contributed by atoms with Crippen LogP contribution in [0.4, 0.5) is 0 Å². The van der Waals surface area contributed by atoms with Crippen molar-refractivity contribution in [3.63, 3.8) is 0 Å². The summed E-state index contributed by atoms with van der Waals surface area (Å²) in [4.78, 5) is 24.6. The molecule has 0 aromatic heterocycles. The maximum Gasteiger partial charge on any atom is 0.191 e. The molecule has 0 radical (unpaired) electrons. The van der Waals surface area contributed by atoms with Crippen LogP contribution in [0.15, 0.2) is 48.2 Å². The highest BCUT2D eigenvalue weighted by Gasteiger charge is 2.28. The fourth-order valence-electron chi connectivity index (χ4n) is 2.69. The summed E-state index contributed by atoms with van der Waals surface area (Å²) in [6, 6.07) is 6.55. The van der Waals surface area contributed by atoms with Gasteiger partial charge in [-0.2, -0.15) is 0 Å². The first-order valence-corrected chi connectivity index (χ1v) is 8.58. The Morgan fingerprint density at radius 1 is 0.808 bits per heavy atom. The van der Waals surface area contributed by atoms with Crippen LogP contribution >= 0.6 is 0 Å². The molecule has 6 heteroatoms. The van der Waals surface area contributed by atoms with Crippen molar-refractivity contribution in [3.05, 3.63) is 59.3 Å². The minimum atomic E-state index is -0.180. The quantitative estimate of drug-likeness (QED) is 0.638. The summed E-state index contributed by atoms with van der Waals surface area (Å²) in [5.74, 6) is 0.587. The van der Waals surface area contributed by atoms with E-state index in [0.717, 1.165) is 0 Å². The molecule has 0 saturated carbocycles. The third-order valence-corrected chi connectivity index (χ3v) is 4.08. The van der Waals surface area contributed by atoms with Crippen LogP contribution < -0.4 is 10.6 Å². The molecule has 2 N–H and O–H groups in total. The number of ether oxygens (including phenoxy) is 2. The number of carbonyl (C=O) groups excluding carboxylic acids is 2. The van der Waals surface area contributed by atoms with Gasteiger partial charge in [-0.3, -0.25) is 9.59 Å². The van der Waals surface area contributed by atoms with E-state index in [-0.39, 0.29) is 22.6 Å². The van der Waals surface area contributed by atoms with Crippen molar-refractivity contribution < 1.29 is 19.1 Å². The van der Waals surface area contributed by atoms with Gasteiger partial charge in [0.25, 0.3) is 0 Å². The summed E-state index contributed by atoms with van der Waals surface area (Å²) in [6.45, 7) is 9.02. The number of nitrogens with one attached hydrogen (secondary N) is 2. The predicted octanol–water partition coefficient (Wildman–Crippen LogP) is 2.53. The molecule has 0 amide bonds. The van der Waals surface area contributed by atoms with E-state index >= 15 is 0 Å². The molecule has 2 aliphatic heterocycles. The van der Waals surface area contributed by atoms with E-state index in [2.05, 4.69) is 10.6 Å². The van der Waals surface area contributed by atoms with E-state index in [1.54, 1.807) is 24.3 Å². The van der Waals surface area contributed by atoms with Crippen molar-refractivity contribution in [3.8, 4) is 0 Å².